The molecule has 42 heavy (non-hydrogen) atoms. The summed E-state index contributed by atoms with van der Waals surface area (Å²) in [5.41, 5.74) is 1.03. The zero-order valence-electron chi connectivity index (χ0n) is 22.8. The van der Waals surface area contributed by atoms with E-state index in [0.29, 0.717) is 35.7 Å². The van der Waals surface area contributed by atoms with Gasteiger partial charge in [-0.1, -0.05) is 35.3 Å². The Morgan fingerprint density at radius 2 is 1.79 bits per heavy atom. The molecule has 0 aliphatic rings. The van der Waals surface area contributed by atoms with Gasteiger partial charge in [0.25, 0.3) is 5.56 Å². The minimum absolute atomic E-state index is 0.0267. The first kappa shape index (κ1) is 30.6. The lowest BCUT2D eigenvalue weighted by molar-refractivity contribution is -0.116. The first-order valence-electron chi connectivity index (χ1n) is 12.8. The molecule has 0 aliphatic carbocycles. The number of nitrogens with zero attached hydrogens (tertiary/aromatic N) is 3. The molecule has 0 aliphatic heterocycles. The van der Waals surface area contributed by atoms with Gasteiger partial charge < -0.3 is 25.4 Å². The number of rotatable bonds is 11. The highest BCUT2D eigenvalue weighted by atomic mass is 35.5. The second-order valence-electron chi connectivity index (χ2n) is 9.42. The number of aliphatic hydroxyl groups is 1. The predicted molar refractivity (Wildman–Crippen MR) is 162 cm³/mol. The maximum absolute atomic E-state index is 12.8. The average molecular weight is 614 g/mol. The van der Waals surface area contributed by atoms with Crippen LogP contribution in [0.25, 0.3) is 5.69 Å². The van der Waals surface area contributed by atoms with Gasteiger partial charge in [-0.2, -0.15) is 0 Å². The Morgan fingerprint density at radius 3 is 2.50 bits per heavy atom. The van der Waals surface area contributed by atoms with Gasteiger partial charge in [0.2, 0.25) is 5.91 Å². The molecule has 0 saturated carbocycles. The summed E-state index contributed by atoms with van der Waals surface area (Å²) in [7, 11) is 3.89. The van der Waals surface area contributed by atoms with Gasteiger partial charge in [0, 0.05) is 24.8 Å². The zero-order chi connectivity index (χ0) is 30.2. The summed E-state index contributed by atoms with van der Waals surface area (Å²) in [6, 6.07) is 13.5. The van der Waals surface area contributed by atoms with Crippen molar-refractivity contribution in [2.45, 2.75) is 19.4 Å². The van der Waals surface area contributed by atoms with Crippen LogP contribution >= 0.6 is 23.2 Å². The van der Waals surface area contributed by atoms with Crippen LogP contribution in [0.15, 0.2) is 65.6 Å². The Labute approximate surface area is 251 Å². The van der Waals surface area contributed by atoms with E-state index in [-0.39, 0.29) is 39.8 Å². The lowest BCUT2D eigenvalue weighted by Crippen LogP contribution is -2.21. The van der Waals surface area contributed by atoms with Gasteiger partial charge in [-0.25, -0.2) is 14.5 Å². The smallest absolute Gasteiger partial charge is 0.324 e. The summed E-state index contributed by atoms with van der Waals surface area (Å²) in [6.07, 6.45) is 2.56. The SMILES string of the molecule is CN(C)CCCC(=O)Nc1cc(Oc2ccc(NC(=O)Nc3cc(=O)[nH]n3-c3ccc(CO)cc3)c(Cl)c2Cl)ccn1. The van der Waals surface area contributed by atoms with Crippen molar-refractivity contribution < 1.29 is 19.4 Å². The first-order valence-corrected chi connectivity index (χ1v) is 13.5. The van der Waals surface area contributed by atoms with Crippen LogP contribution in [0.4, 0.5) is 22.1 Å². The van der Waals surface area contributed by atoms with E-state index in [1.54, 1.807) is 36.4 Å². The van der Waals surface area contributed by atoms with Gasteiger partial charge in [0.15, 0.2) is 0 Å². The van der Waals surface area contributed by atoms with E-state index in [2.05, 4.69) is 26.0 Å². The molecule has 220 valence electrons. The molecule has 12 nitrogen and oxygen atoms in total. The number of halogens is 2. The van der Waals surface area contributed by atoms with Crippen LogP contribution in [0.3, 0.4) is 0 Å². The number of benzene rings is 2. The second kappa shape index (κ2) is 14.0. The highest BCUT2D eigenvalue weighted by Crippen LogP contribution is 2.39. The number of urea groups is 1. The number of ether oxygens (including phenoxy) is 1. The fourth-order valence-electron chi connectivity index (χ4n) is 3.85. The zero-order valence-corrected chi connectivity index (χ0v) is 24.3. The van der Waals surface area contributed by atoms with Gasteiger partial charge in [0.1, 0.15) is 28.2 Å². The number of carbonyl (C=O) groups is 2. The minimum atomic E-state index is -0.679. The molecular formula is C28H29Cl2N7O5. The maximum atomic E-state index is 12.8. The number of nitrogens with one attached hydrogen (secondary N) is 4. The summed E-state index contributed by atoms with van der Waals surface area (Å²) in [5, 5.41) is 19.9. The molecule has 0 radical (unpaired) electrons. The standard InChI is InChI=1S/C28H29Cl2N7O5/c1-36(2)13-3-4-24(39)33-22-14-19(11-12-31-22)42-21-10-9-20(26(29)27(21)30)32-28(41)34-23-15-25(40)35-37(23)18-7-5-17(16-38)6-8-18/h5-12,14-15,38H,3-4,13,16H2,1-2H3,(H,35,40)(H,31,33,39)(H2,32,34,41). The molecule has 3 amide bonds. The molecule has 0 saturated heterocycles. The third-order valence-corrected chi connectivity index (χ3v) is 6.74. The molecule has 2 heterocycles. The molecule has 0 atom stereocenters. The van der Waals surface area contributed by atoms with E-state index in [0.717, 1.165) is 6.54 Å². The Kier molecular flexibility index (Phi) is 10.2. The maximum Gasteiger partial charge on any atom is 0.324 e. The molecule has 2 aromatic carbocycles. The van der Waals surface area contributed by atoms with E-state index in [1.165, 1.54) is 29.1 Å². The molecule has 0 unspecified atom stereocenters. The van der Waals surface area contributed by atoms with Crippen molar-refractivity contribution in [3.8, 4) is 17.2 Å². The third-order valence-electron chi connectivity index (χ3n) is 5.88. The first-order chi connectivity index (χ1) is 20.1. The number of hydrogen-bond donors (Lipinski definition) is 5. The number of anilines is 3. The van der Waals surface area contributed by atoms with Crippen LogP contribution in [0, 0.1) is 0 Å². The van der Waals surface area contributed by atoms with Gasteiger partial charge in [-0.3, -0.25) is 20.0 Å². The molecule has 0 bridgehead atoms. The second-order valence-corrected chi connectivity index (χ2v) is 10.2. The molecule has 2 aromatic heterocycles. The van der Waals surface area contributed by atoms with Gasteiger partial charge in [-0.05, 0) is 63.0 Å². The highest BCUT2D eigenvalue weighted by molar-refractivity contribution is 6.45. The van der Waals surface area contributed by atoms with Crippen molar-refractivity contribution in [3.63, 3.8) is 0 Å². The van der Waals surface area contributed by atoms with Crippen LogP contribution in [0.5, 0.6) is 11.5 Å². The summed E-state index contributed by atoms with van der Waals surface area (Å²) in [4.78, 5) is 43.1. The van der Waals surface area contributed by atoms with E-state index in [1.807, 2.05) is 19.0 Å². The fourth-order valence-corrected chi connectivity index (χ4v) is 4.25. The minimum Gasteiger partial charge on any atom is -0.456 e. The summed E-state index contributed by atoms with van der Waals surface area (Å²) in [6.45, 7) is 0.673. The van der Waals surface area contributed by atoms with Crippen LogP contribution in [-0.2, 0) is 11.4 Å². The van der Waals surface area contributed by atoms with Crippen LogP contribution < -0.4 is 26.2 Å². The van der Waals surface area contributed by atoms with E-state index in [9.17, 15) is 19.5 Å². The number of amides is 3. The Balaban J connectivity index is 1.41. The van der Waals surface area contributed by atoms with Crippen molar-refractivity contribution in [1.82, 2.24) is 19.7 Å². The lowest BCUT2D eigenvalue weighted by atomic mass is 10.2. The molecule has 5 N–H and O–H groups in total. The average Bonchev–Trinajstić information content (AvgIpc) is 3.32. The Bertz CT molecular complexity index is 1620. The fraction of sp³-hybridized carbons (Fsp3) is 0.214. The highest BCUT2D eigenvalue weighted by Gasteiger charge is 2.16. The van der Waals surface area contributed by atoms with Gasteiger partial charge >= 0.3 is 6.03 Å². The van der Waals surface area contributed by atoms with E-state index in [4.69, 9.17) is 27.9 Å². The van der Waals surface area contributed by atoms with Crippen LogP contribution in [-0.4, -0.2) is 57.3 Å². The number of aromatic amines is 1. The van der Waals surface area contributed by atoms with Crippen LogP contribution in [0.2, 0.25) is 10.0 Å². The third kappa shape index (κ3) is 8.10. The van der Waals surface area contributed by atoms with Gasteiger partial charge in [0.05, 0.1) is 23.0 Å². The number of hydrogen-bond acceptors (Lipinski definition) is 7. The van der Waals surface area contributed by atoms with Gasteiger partial charge in [-0.15, -0.1) is 0 Å². The normalized spacial score (nSPS) is 10.9. The molecule has 4 aromatic rings. The summed E-state index contributed by atoms with van der Waals surface area (Å²) >= 11 is 12.9. The molecule has 4 rings (SSSR count). The van der Waals surface area contributed by atoms with Crippen LogP contribution in [0.1, 0.15) is 18.4 Å². The number of aliphatic hydroxyl groups excluding tert-OH is 1. The molecule has 14 heteroatoms. The Morgan fingerprint density at radius 1 is 1.02 bits per heavy atom. The monoisotopic (exact) mass is 613 g/mol. The number of carbonyl (C=O) groups excluding carboxylic acids is 2. The lowest BCUT2D eigenvalue weighted by Gasteiger charge is -2.14. The van der Waals surface area contributed by atoms with Crippen molar-refractivity contribution in [3.05, 3.63) is 86.8 Å². The summed E-state index contributed by atoms with van der Waals surface area (Å²) in [5.74, 6) is 0.921. The topological polar surface area (TPSA) is 154 Å². The number of aromatic nitrogens is 3. The van der Waals surface area contributed by atoms with Crippen molar-refractivity contribution in [2.24, 2.45) is 0 Å². The molecular weight excluding hydrogens is 585 g/mol. The van der Waals surface area contributed by atoms with E-state index < -0.39 is 11.6 Å². The number of pyridine rings is 1. The quantitative estimate of drug-likeness (QED) is 0.158. The molecule has 0 spiro atoms. The predicted octanol–water partition coefficient (Wildman–Crippen LogP) is 5.08. The summed E-state index contributed by atoms with van der Waals surface area (Å²) < 4.78 is 7.26. The van der Waals surface area contributed by atoms with Crippen molar-refractivity contribution in [2.75, 3.05) is 36.6 Å². The number of H-pyrrole nitrogens is 1. The largest absolute Gasteiger partial charge is 0.456 e. The molecule has 0 fully saturated rings. The van der Waals surface area contributed by atoms with Crippen molar-refractivity contribution in [1.29, 1.82) is 0 Å². The Hall–Kier alpha value is -4.36. The van der Waals surface area contributed by atoms with Crippen molar-refractivity contribution >= 4 is 52.5 Å². The van der Waals surface area contributed by atoms with E-state index >= 15 is 0 Å².